The van der Waals surface area contributed by atoms with Gasteiger partial charge in [-0.2, -0.15) is 0 Å². The highest BCUT2D eigenvalue weighted by Crippen LogP contribution is 2.29. The fourth-order valence-corrected chi connectivity index (χ4v) is 2.25. The van der Waals surface area contributed by atoms with Crippen molar-refractivity contribution in [1.29, 1.82) is 0 Å². The first kappa shape index (κ1) is 12.6. The van der Waals surface area contributed by atoms with Gasteiger partial charge in [-0.15, -0.1) is 0 Å². The van der Waals surface area contributed by atoms with E-state index in [0.717, 1.165) is 25.0 Å². The third-order valence-electron chi connectivity index (χ3n) is 3.44. The van der Waals surface area contributed by atoms with Gasteiger partial charge in [0.15, 0.2) is 0 Å². The molecule has 0 aliphatic carbocycles. The van der Waals surface area contributed by atoms with Crippen molar-refractivity contribution in [3.63, 3.8) is 0 Å². The van der Waals surface area contributed by atoms with Crippen molar-refractivity contribution < 1.29 is 9.84 Å². The van der Waals surface area contributed by atoms with E-state index in [1.165, 1.54) is 5.56 Å². The van der Waals surface area contributed by atoms with E-state index in [-0.39, 0.29) is 11.5 Å². The van der Waals surface area contributed by atoms with Crippen LogP contribution < -0.4 is 0 Å². The summed E-state index contributed by atoms with van der Waals surface area (Å²) < 4.78 is 5.52. The molecule has 2 unspecified atom stereocenters. The smallest absolute Gasteiger partial charge is 0.105 e. The quantitative estimate of drug-likeness (QED) is 0.851. The predicted molar refractivity (Wildman–Crippen MR) is 69.1 cm³/mol. The lowest BCUT2D eigenvalue weighted by Gasteiger charge is -2.21. The maximum Gasteiger partial charge on any atom is 0.105 e. The molecule has 94 valence electrons. The summed E-state index contributed by atoms with van der Waals surface area (Å²) in [7, 11) is 0. The summed E-state index contributed by atoms with van der Waals surface area (Å²) in [6.45, 7) is 7.36. The first-order valence-electron chi connectivity index (χ1n) is 6.38. The van der Waals surface area contributed by atoms with E-state index in [0.29, 0.717) is 0 Å². The van der Waals surface area contributed by atoms with Crippen LogP contribution in [0.25, 0.3) is 0 Å². The van der Waals surface area contributed by atoms with Crippen LogP contribution in [0.1, 0.15) is 50.8 Å². The van der Waals surface area contributed by atoms with Crippen LogP contribution in [0, 0.1) is 0 Å². The van der Waals surface area contributed by atoms with Crippen molar-refractivity contribution in [2.75, 3.05) is 6.61 Å². The lowest BCUT2D eigenvalue weighted by atomic mass is 9.86. The Morgan fingerprint density at radius 1 is 1.24 bits per heavy atom. The number of hydrogen-bond donors (Lipinski definition) is 1. The number of aliphatic hydroxyl groups excluding tert-OH is 1. The summed E-state index contributed by atoms with van der Waals surface area (Å²) in [6.07, 6.45) is 1.52. The van der Waals surface area contributed by atoms with Crippen molar-refractivity contribution in [2.45, 2.75) is 51.2 Å². The van der Waals surface area contributed by atoms with Gasteiger partial charge in [-0.25, -0.2) is 0 Å². The minimum atomic E-state index is -0.480. The van der Waals surface area contributed by atoms with Crippen LogP contribution in [0.3, 0.4) is 0 Å². The molecule has 1 aliphatic heterocycles. The van der Waals surface area contributed by atoms with Gasteiger partial charge in [-0.05, 0) is 29.4 Å². The molecule has 2 atom stereocenters. The zero-order chi connectivity index (χ0) is 12.5. The van der Waals surface area contributed by atoms with Crippen LogP contribution in [0.15, 0.2) is 24.3 Å². The molecule has 17 heavy (non-hydrogen) atoms. The Morgan fingerprint density at radius 2 is 1.88 bits per heavy atom. The summed E-state index contributed by atoms with van der Waals surface area (Å²) in [5, 5.41) is 10.2. The molecule has 0 aromatic heterocycles. The van der Waals surface area contributed by atoms with Crippen LogP contribution in [-0.2, 0) is 10.2 Å². The molecule has 1 heterocycles. The molecular formula is C15H22O2. The van der Waals surface area contributed by atoms with E-state index in [9.17, 15) is 5.11 Å². The summed E-state index contributed by atoms with van der Waals surface area (Å²) in [6, 6.07) is 8.25. The number of aliphatic hydroxyl groups is 1. The normalized spacial score (nSPS) is 22.7. The van der Waals surface area contributed by atoms with Crippen molar-refractivity contribution in [1.82, 2.24) is 0 Å². The third-order valence-corrected chi connectivity index (χ3v) is 3.44. The largest absolute Gasteiger partial charge is 0.386 e. The summed E-state index contributed by atoms with van der Waals surface area (Å²) >= 11 is 0. The molecule has 2 nitrogen and oxygen atoms in total. The zero-order valence-electron chi connectivity index (χ0n) is 10.9. The van der Waals surface area contributed by atoms with Gasteiger partial charge < -0.3 is 9.84 Å². The lowest BCUT2D eigenvalue weighted by Crippen LogP contribution is -2.17. The van der Waals surface area contributed by atoms with E-state index in [4.69, 9.17) is 4.74 Å². The molecule has 0 saturated carbocycles. The van der Waals surface area contributed by atoms with Gasteiger partial charge in [0.25, 0.3) is 0 Å². The lowest BCUT2D eigenvalue weighted by molar-refractivity contribution is -0.00259. The highest BCUT2D eigenvalue weighted by Gasteiger charge is 2.25. The Balaban J connectivity index is 2.12. The van der Waals surface area contributed by atoms with Crippen LogP contribution in [-0.4, -0.2) is 17.8 Å². The molecule has 0 radical (unpaired) electrons. The van der Waals surface area contributed by atoms with Crippen LogP contribution >= 0.6 is 0 Å². The minimum Gasteiger partial charge on any atom is -0.386 e. The summed E-state index contributed by atoms with van der Waals surface area (Å²) in [4.78, 5) is 0. The average Bonchev–Trinajstić information content (AvgIpc) is 2.80. The van der Waals surface area contributed by atoms with E-state index >= 15 is 0 Å². The molecule has 2 heteroatoms. The van der Waals surface area contributed by atoms with E-state index in [1.807, 2.05) is 12.1 Å². The SMILES string of the molecule is CC(C)(C)c1ccc(C(O)C2CCCO2)cc1. The van der Waals surface area contributed by atoms with Crippen molar-refractivity contribution in [3.8, 4) is 0 Å². The molecule has 2 rings (SSSR count). The second-order valence-corrected chi connectivity index (χ2v) is 5.87. The fraction of sp³-hybridized carbons (Fsp3) is 0.600. The van der Waals surface area contributed by atoms with E-state index in [1.54, 1.807) is 0 Å². The molecule has 0 amide bonds. The standard InChI is InChI=1S/C15H22O2/c1-15(2,3)12-8-6-11(7-9-12)14(16)13-5-4-10-17-13/h6-9,13-14,16H,4-5,10H2,1-3H3. The third kappa shape index (κ3) is 2.88. The predicted octanol–water partition coefficient (Wildman–Crippen LogP) is 3.20. The number of rotatable bonds is 2. The summed E-state index contributed by atoms with van der Waals surface area (Å²) in [5.74, 6) is 0. The van der Waals surface area contributed by atoms with Gasteiger partial charge in [0.1, 0.15) is 6.10 Å². The summed E-state index contributed by atoms with van der Waals surface area (Å²) in [5.41, 5.74) is 2.42. The molecule has 0 bridgehead atoms. The van der Waals surface area contributed by atoms with Crippen molar-refractivity contribution in [3.05, 3.63) is 35.4 Å². The minimum absolute atomic E-state index is 0.0181. The van der Waals surface area contributed by atoms with Gasteiger partial charge in [-0.3, -0.25) is 0 Å². The second-order valence-electron chi connectivity index (χ2n) is 5.87. The molecule has 1 saturated heterocycles. The van der Waals surface area contributed by atoms with Gasteiger partial charge in [-0.1, -0.05) is 45.0 Å². The molecule has 1 fully saturated rings. The number of ether oxygens (including phenoxy) is 1. The van der Waals surface area contributed by atoms with Crippen molar-refractivity contribution >= 4 is 0 Å². The van der Waals surface area contributed by atoms with Gasteiger partial charge in [0.2, 0.25) is 0 Å². The molecule has 1 aromatic carbocycles. The Morgan fingerprint density at radius 3 is 2.35 bits per heavy atom. The highest BCUT2D eigenvalue weighted by molar-refractivity contribution is 5.29. The Bertz CT molecular complexity index is 356. The molecule has 1 N–H and O–H groups in total. The van der Waals surface area contributed by atoms with E-state index < -0.39 is 6.10 Å². The molecule has 0 spiro atoms. The zero-order valence-corrected chi connectivity index (χ0v) is 10.9. The van der Waals surface area contributed by atoms with Crippen LogP contribution in [0.5, 0.6) is 0 Å². The molecule has 1 aliphatic rings. The maximum atomic E-state index is 10.2. The monoisotopic (exact) mass is 234 g/mol. The van der Waals surface area contributed by atoms with Gasteiger partial charge >= 0.3 is 0 Å². The average molecular weight is 234 g/mol. The van der Waals surface area contributed by atoms with E-state index in [2.05, 4.69) is 32.9 Å². The fourth-order valence-electron chi connectivity index (χ4n) is 2.25. The first-order valence-corrected chi connectivity index (χ1v) is 6.38. The topological polar surface area (TPSA) is 29.5 Å². The van der Waals surface area contributed by atoms with Crippen LogP contribution in [0.2, 0.25) is 0 Å². The Labute approximate surface area is 104 Å². The Hall–Kier alpha value is -0.860. The van der Waals surface area contributed by atoms with Gasteiger partial charge in [0.05, 0.1) is 6.10 Å². The van der Waals surface area contributed by atoms with Gasteiger partial charge in [0, 0.05) is 6.61 Å². The Kier molecular flexibility index (Phi) is 3.55. The molecule has 1 aromatic rings. The van der Waals surface area contributed by atoms with Crippen LogP contribution in [0.4, 0.5) is 0 Å². The number of benzene rings is 1. The first-order chi connectivity index (χ1) is 7.98. The second kappa shape index (κ2) is 4.79. The highest BCUT2D eigenvalue weighted by atomic mass is 16.5. The molecular weight excluding hydrogens is 212 g/mol. The van der Waals surface area contributed by atoms with Crippen molar-refractivity contribution in [2.24, 2.45) is 0 Å². The maximum absolute atomic E-state index is 10.2. The number of hydrogen-bond acceptors (Lipinski definition) is 2.